The summed E-state index contributed by atoms with van der Waals surface area (Å²) in [4.78, 5) is 11.8. The number of allylic oxidation sites excluding steroid dienone is 5. The van der Waals surface area contributed by atoms with Crippen LogP contribution in [0.15, 0.2) is 48.6 Å². The number of hydrogen-bond donors (Lipinski definition) is 1. The van der Waals surface area contributed by atoms with Gasteiger partial charge in [-0.2, -0.15) is 0 Å². The highest BCUT2D eigenvalue weighted by Crippen LogP contribution is 2.34. The summed E-state index contributed by atoms with van der Waals surface area (Å²) in [6.45, 7) is 11.1. The van der Waals surface area contributed by atoms with Gasteiger partial charge in [-0.05, 0) is 30.1 Å². The maximum atomic E-state index is 11.8. The number of hydrogen-bond acceptors (Lipinski definition) is 2. The molecule has 1 aliphatic rings. The topological polar surface area (TPSA) is 37.3 Å². The van der Waals surface area contributed by atoms with Crippen molar-refractivity contribution < 1.29 is 9.90 Å². The first-order valence-electron chi connectivity index (χ1n) is 5.81. The molecule has 2 nitrogen and oxygen atoms in total. The summed E-state index contributed by atoms with van der Waals surface area (Å²) in [5.74, 6) is 0.112. The predicted octanol–water partition coefficient (Wildman–Crippen LogP) is 2.96. The molecule has 0 amide bonds. The average Bonchev–Trinajstić information content (AvgIpc) is 2.23. The second-order valence-electron chi connectivity index (χ2n) is 4.90. The fourth-order valence-electron chi connectivity index (χ4n) is 1.88. The molecule has 0 bridgehead atoms. The van der Waals surface area contributed by atoms with E-state index in [0.717, 1.165) is 5.57 Å². The summed E-state index contributed by atoms with van der Waals surface area (Å²) in [5.41, 5.74) is 0.604. The zero-order valence-electron chi connectivity index (χ0n) is 10.6. The minimum atomic E-state index is -0.803. The Morgan fingerprint density at radius 2 is 2.24 bits per heavy atom. The highest BCUT2D eigenvalue weighted by molar-refractivity contribution is 5.97. The smallest absolute Gasteiger partial charge is 0.159 e. The molecular weight excluding hydrogens is 212 g/mol. The van der Waals surface area contributed by atoms with E-state index in [1.807, 2.05) is 6.92 Å². The maximum Gasteiger partial charge on any atom is 0.159 e. The number of ketones is 1. The average molecular weight is 232 g/mol. The fourth-order valence-corrected chi connectivity index (χ4v) is 1.88. The van der Waals surface area contributed by atoms with Crippen LogP contribution in [0.1, 0.15) is 26.7 Å². The Labute approximate surface area is 103 Å². The van der Waals surface area contributed by atoms with Crippen LogP contribution in [0.4, 0.5) is 0 Å². The summed E-state index contributed by atoms with van der Waals surface area (Å²) < 4.78 is 0. The Bertz CT molecular complexity index is 397. The molecule has 1 fully saturated rings. The highest BCUT2D eigenvalue weighted by Gasteiger charge is 2.37. The molecule has 1 saturated carbocycles. The van der Waals surface area contributed by atoms with E-state index in [2.05, 4.69) is 13.2 Å². The van der Waals surface area contributed by atoms with Crippen molar-refractivity contribution in [3.05, 3.63) is 48.6 Å². The molecule has 0 heterocycles. The molecule has 1 N–H and O–H groups in total. The standard InChI is InChI=1S/C15H20O2/c1-5-6-7-11(2)8-13-10-15(4,17)12(3)9-14(13)16/h5-8,12,17H,1-2,9-10H2,3-4H3/b7-6-,13-8+. The van der Waals surface area contributed by atoms with Crippen molar-refractivity contribution in [3.63, 3.8) is 0 Å². The van der Waals surface area contributed by atoms with Gasteiger partial charge >= 0.3 is 0 Å². The molecule has 2 heteroatoms. The van der Waals surface area contributed by atoms with E-state index in [9.17, 15) is 9.90 Å². The molecular formula is C15H20O2. The molecule has 1 rings (SSSR count). The van der Waals surface area contributed by atoms with Crippen LogP contribution in [0, 0.1) is 5.92 Å². The largest absolute Gasteiger partial charge is 0.390 e. The van der Waals surface area contributed by atoms with Crippen molar-refractivity contribution in [2.45, 2.75) is 32.3 Å². The van der Waals surface area contributed by atoms with Gasteiger partial charge in [0.25, 0.3) is 0 Å². The molecule has 92 valence electrons. The summed E-state index contributed by atoms with van der Waals surface area (Å²) in [6, 6.07) is 0. The Morgan fingerprint density at radius 1 is 1.59 bits per heavy atom. The second kappa shape index (κ2) is 5.28. The van der Waals surface area contributed by atoms with E-state index < -0.39 is 5.60 Å². The van der Waals surface area contributed by atoms with Gasteiger partial charge in [0.1, 0.15) is 0 Å². The lowest BCUT2D eigenvalue weighted by Crippen LogP contribution is -2.40. The Hall–Kier alpha value is -1.41. The van der Waals surface area contributed by atoms with Crippen molar-refractivity contribution in [1.82, 2.24) is 0 Å². The zero-order chi connectivity index (χ0) is 13.1. The molecule has 0 aromatic heterocycles. The Kier molecular flexibility index (Phi) is 4.24. The second-order valence-corrected chi connectivity index (χ2v) is 4.90. The monoisotopic (exact) mass is 232 g/mol. The van der Waals surface area contributed by atoms with E-state index >= 15 is 0 Å². The normalized spacial score (nSPS) is 32.1. The summed E-state index contributed by atoms with van der Waals surface area (Å²) in [7, 11) is 0. The van der Waals surface area contributed by atoms with Crippen LogP contribution in [0.25, 0.3) is 0 Å². The van der Waals surface area contributed by atoms with E-state index in [1.54, 1.807) is 31.2 Å². The lowest BCUT2D eigenvalue weighted by Gasteiger charge is -2.35. The van der Waals surface area contributed by atoms with Crippen LogP contribution >= 0.6 is 0 Å². The fraction of sp³-hybridized carbons (Fsp3) is 0.400. The van der Waals surface area contributed by atoms with Crippen molar-refractivity contribution in [2.75, 3.05) is 0 Å². The lowest BCUT2D eigenvalue weighted by atomic mass is 9.74. The summed E-state index contributed by atoms with van der Waals surface area (Å²) in [5, 5.41) is 10.2. The van der Waals surface area contributed by atoms with Crippen LogP contribution in [0.3, 0.4) is 0 Å². The van der Waals surface area contributed by atoms with Crippen molar-refractivity contribution in [2.24, 2.45) is 5.92 Å². The quantitative estimate of drug-likeness (QED) is 0.600. The van der Waals surface area contributed by atoms with Gasteiger partial charge in [-0.3, -0.25) is 4.79 Å². The number of Topliss-reactive ketones (excluding diaryl/α,β-unsaturated/α-hetero) is 1. The molecule has 0 saturated heterocycles. The highest BCUT2D eigenvalue weighted by atomic mass is 16.3. The Morgan fingerprint density at radius 3 is 2.82 bits per heavy atom. The van der Waals surface area contributed by atoms with E-state index in [1.165, 1.54) is 0 Å². The lowest BCUT2D eigenvalue weighted by molar-refractivity contribution is -0.122. The van der Waals surface area contributed by atoms with Crippen molar-refractivity contribution >= 4 is 5.78 Å². The van der Waals surface area contributed by atoms with Gasteiger partial charge < -0.3 is 5.11 Å². The predicted molar refractivity (Wildman–Crippen MR) is 70.6 cm³/mol. The summed E-state index contributed by atoms with van der Waals surface area (Å²) in [6.07, 6.45) is 7.77. The summed E-state index contributed by atoms with van der Waals surface area (Å²) >= 11 is 0. The first-order valence-corrected chi connectivity index (χ1v) is 5.81. The van der Waals surface area contributed by atoms with Crippen LogP contribution in [-0.4, -0.2) is 16.5 Å². The van der Waals surface area contributed by atoms with E-state index in [4.69, 9.17) is 0 Å². The van der Waals surface area contributed by atoms with Crippen LogP contribution in [0.2, 0.25) is 0 Å². The molecule has 17 heavy (non-hydrogen) atoms. The minimum Gasteiger partial charge on any atom is -0.390 e. The molecule has 0 spiro atoms. The third-order valence-electron chi connectivity index (χ3n) is 3.27. The van der Waals surface area contributed by atoms with Gasteiger partial charge in [0.2, 0.25) is 0 Å². The maximum absolute atomic E-state index is 11.8. The van der Waals surface area contributed by atoms with Gasteiger partial charge in [0, 0.05) is 12.8 Å². The SMILES string of the molecule is C=C/C=C\C(=C)/C=C1\CC(C)(O)C(C)CC1=O. The van der Waals surface area contributed by atoms with Gasteiger partial charge in [0.15, 0.2) is 5.78 Å². The van der Waals surface area contributed by atoms with E-state index in [0.29, 0.717) is 18.4 Å². The molecule has 1 aliphatic carbocycles. The van der Waals surface area contributed by atoms with Crippen LogP contribution in [0.5, 0.6) is 0 Å². The minimum absolute atomic E-state index is 0.00383. The van der Waals surface area contributed by atoms with Crippen molar-refractivity contribution in [3.8, 4) is 0 Å². The molecule has 0 aromatic carbocycles. The van der Waals surface area contributed by atoms with Crippen LogP contribution in [-0.2, 0) is 4.79 Å². The zero-order valence-corrected chi connectivity index (χ0v) is 10.6. The molecule has 2 unspecified atom stereocenters. The van der Waals surface area contributed by atoms with Crippen LogP contribution < -0.4 is 0 Å². The number of carbonyl (C=O) groups is 1. The molecule has 0 radical (unpaired) electrons. The Balaban J connectivity index is 2.87. The third-order valence-corrected chi connectivity index (χ3v) is 3.27. The number of aliphatic hydroxyl groups is 1. The molecule has 0 aliphatic heterocycles. The van der Waals surface area contributed by atoms with Gasteiger partial charge in [0.05, 0.1) is 5.60 Å². The molecule has 2 atom stereocenters. The first kappa shape index (κ1) is 13.7. The number of carbonyl (C=O) groups excluding carboxylic acids is 1. The van der Waals surface area contributed by atoms with Gasteiger partial charge in [-0.1, -0.05) is 38.3 Å². The molecule has 0 aromatic rings. The number of rotatable bonds is 3. The van der Waals surface area contributed by atoms with Crippen molar-refractivity contribution in [1.29, 1.82) is 0 Å². The first-order chi connectivity index (χ1) is 7.86. The van der Waals surface area contributed by atoms with Gasteiger partial charge in [-0.25, -0.2) is 0 Å². The van der Waals surface area contributed by atoms with E-state index in [-0.39, 0.29) is 11.7 Å². The third kappa shape index (κ3) is 3.53. The van der Waals surface area contributed by atoms with Gasteiger partial charge in [-0.15, -0.1) is 0 Å².